The van der Waals surface area contributed by atoms with E-state index in [0.717, 1.165) is 18.5 Å². The Morgan fingerprint density at radius 3 is 2.48 bits per heavy atom. The Hall–Kier alpha value is -2.01. The molecule has 0 atom stereocenters. The van der Waals surface area contributed by atoms with Gasteiger partial charge in [-0.15, -0.1) is 0 Å². The van der Waals surface area contributed by atoms with Gasteiger partial charge in [0.1, 0.15) is 0 Å². The van der Waals surface area contributed by atoms with Crippen LogP contribution >= 0.6 is 12.2 Å². The fourth-order valence-electron chi connectivity index (χ4n) is 2.93. The molecule has 0 unspecified atom stereocenters. The first-order chi connectivity index (χ1) is 10.3. The summed E-state index contributed by atoms with van der Waals surface area (Å²) in [6.45, 7) is 0. The zero-order valence-electron chi connectivity index (χ0n) is 11.7. The number of nitrogens with one attached hydrogen (secondary N) is 2. The Bertz CT molecular complexity index is 594. The third-order valence-corrected chi connectivity index (χ3v) is 4.17. The van der Waals surface area contributed by atoms with Crippen LogP contribution < -0.4 is 10.6 Å². The smallest absolute Gasteiger partial charge is 0.171 e. The minimum absolute atomic E-state index is 0.0919. The van der Waals surface area contributed by atoms with Crippen molar-refractivity contribution in [1.29, 1.82) is 0 Å². The molecule has 0 spiro atoms. The molecule has 5 heteroatoms. The summed E-state index contributed by atoms with van der Waals surface area (Å²) >= 11 is 5.48. The molecular formula is C16H18N4S. The second-order valence-corrected chi connectivity index (χ2v) is 5.75. The van der Waals surface area contributed by atoms with E-state index in [4.69, 9.17) is 12.2 Å². The minimum atomic E-state index is -0.0919. The zero-order chi connectivity index (χ0) is 14.5. The molecule has 21 heavy (non-hydrogen) atoms. The molecule has 108 valence electrons. The highest BCUT2D eigenvalue weighted by molar-refractivity contribution is 7.80. The Labute approximate surface area is 130 Å². The van der Waals surface area contributed by atoms with Crippen LogP contribution in [0.15, 0.2) is 49.1 Å². The van der Waals surface area contributed by atoms with Gasteiger partial charge in [0.2, 0.25) is 0 Å². The highest BCUT2D eigenvalue weighted by atomic mass is 32.1. The summed E-state index contributed by atoms with van der Waals surface area (Å²) in [5.41, 5.74) is 2.06. The van der Waals surface area contributed by atoms with Crippen LogP contribution in [0.2, 0.25) is 0 Å². The highest BCUT2D eigenvalue weighted by Crippen LogP contribution is 2.38. The quantitative estimate of drug-likeness (QED) is 0.852. The SMILES string of the molecule is S=C(Nc1ccncc1)NC1(c2cccnc2)CCCC1. The first-order valence-corrected chi connectivity index (χ1v) is 7.59. The molecule has 1 aliphatic rings. The molecule has 1 aliphatic carbocycles. The van der Waals surface area contributed by atoms with Crippen LogP contribution in [-0.2, 0) is 5.54 Å². The molecule has 0 saturated heterocycles. The van der Waals surface area contributed by atoms with E-state index in [-0.39, 0.29) is 5.54 Å². The van der Waals surface area contributed by atoms with E-state index in [1.165, 1.54) is 18.4 Å². The predicted molar refractivity (Wildman–Crippen MR) is 88.0 cm³/mol. The lowest BCUT2D eigenvalue weighted by molar-refractivity contribution is 0.407. The van der Waals surface area contributed by atoms with Gasteiger partial charge >= 0.3 is 0 Å². The summed E-state index contributed by atoms with van der Waals surface area (Å²) in [5, 5.41) is 7.39. The Kier molecular flexibility index (Phi) is 4.10. The molecule has 0 aromatic carbocycles. The van der Waals surface area contributed by atoms with Crippen molar-refractivity contribution in [2.75, 3.05) is 5.32 Å². The molecule has 0 amide bonds. The molecule has 0 bridgehead atoms. The minimum Gasteiger partial charge on any atom is -0.353 e. The first-order valence-electron chi connectivity index (χ1n) is 7.18. The number of aromatic nitrogens is 2. The van der Waals surface area contributed by atoms with Gasteiger partial charge in [0.05, 0.1) is 5.54 Å². The standard InChI is InChI=1S/C16H18N4S/c21-15(19-14-5-10-17-11-6-14)20-16(7-1-2-8-16)13-4-3-9-18-12-13/h3-6,9-12H,1-2,7-8H2,(H2,17,19,20,21). The molecular weight excluding hydrogens is 280 g/mol. The largest absolute Gasteiger partial charge is 0.353 e. The number of anilines is 1. The zero-order valence-corrected chi connectivity index (χ0v) is 12.6. The molecule has 3 rings (SSSR count). The average molecular weight is 298 g/mol. The average Bonchev–Trinajstić information content (AvgIpc) is 2.99. The number of rotatable bonds is 3. The summed E-state index contributed by atoms with van der Waals surface area (Å²) in [4.78, 5) is 8.26. The second kappa shape index (κ2) is 6.18. The highest BCUT2D eigenvalue weighted by Gasteiger charge is 2.36. The van der Waals surface area contributed by atoms with Crippen molar-refractivity contribution < 1.29 is 0 Å². The van der Waals surface area contributed by atoms with E-state index < -0.39 is 0 Å². The van der Waals surface area contributed by atoms with Gasteiger partial charge in [0.25, 0.3) is 0 Å². The van der Waals surface area contributed by atoms with Gasteiger partial charge < -0.3 is 10.6 Å². The topological polar surface area (TPSA) is 49.8 Å². The van der Waals surface area contributed by atoms with Gasteiger partial charge in [0, 0.05) is 30.5 Å². The van der Waals surface area contributed by atoms with Gasteiger partial charge in [-0.3, -0.25) is 9.97 Å². The van der Waals surface area contributed by atoms with E-state index >= 15 is 0 Å². The monoisotopic (exact) mass is 298 g/mol. The predicted octanol–water partition coefficient (Wildman–Crippen LogP) is 3.23. The van der Waals surface area contributed by atoms with Gasteiger partial charge in [-0.2, -0.15) is 0 Å². The van der Waals surface area contributed by atoms with Crippen molar-refractivity contribution in [1.82, 2.24) is 15.3 Å². The van der Waals surface area contributed by atoms with Crippen molar-refractivity contribution in [2.24, 2.45) is 0 Å². The summed E-state index contributed by atoms with van der Waals surface area (Å²) in [7, 11) is 0. The second-order valence-electron chi connectivity index (χ2n) is 5.35. The van der Waals surface area contributed by atoms with Crippen LogP contribution in [0, 0.1) is 0 Å². The molecule has 2 heterocycles. The molecule has 4 nitrogen and oxygen atoms in total. The van der Waals surface area contributed by atoms with Crippen LogP contribution in [0.3, 0.4) is 0 Å². The van der Waals surface area contributed by atoms with Crippen molar-refractivity contribution in [3.8, 4) is 0 Å². The van der Waals surface area contributed by atoms with E-state index in [9.17, 15) is 0 Å². The summed E-state index contributed by atoms with van der Waals surface area (Å²) in [6.07, 6.45) is 11.8. The molecule has 0 radical (unpaired) electrons. The van der Waals surface area contributed by atoms with Crippen LogP contribution in [0.1, 0.15) is 31.2 Å². The van der Waals surface area contributed by atoms with Gasteiger partial charge in [-0.05, 0) is 48.8 Å². The van der Waals surface area contributed by atoms with Gasteiger partial charge in [-0.1, -0.05) is 18.9 Å². The fraction of sp³-hybridized carbons (Fsp3) is 0.312. The van der Waals surface area contributed by atoms with E-state index in [1.54, 1.807) is 18.6 Å². The lowest BCUT2D eigenvalue weighted by atomic mass is 9.89. The lowest BCUT2D eigenvalue weighted by Crippen LogP contribution is -2.45. The molecule has 1 fully saturated rings. The summed E-state index contributed by atoms with van der Waals surface area (Å²) in [6, 6.07) is 7.91. The number of pyridine rings is 2. The lowest BCUT2D eigenvalue weighted by Gasteiger charge is -2.32. The Morgan fingerprint density at radius 1 is 1.05 bits per heavy atom. The van der Waals surface area contributed by atoms with Gasteiger partial charge in [0.15, 0.2) is 5.11 Å². The molecule has 2 aromatic rings. The van der Waals surface area contributed by atoms with Crippen LogP contribution in [0.25, 0.3) is 0 Å². The molecule has 1 saturated carbocycles. The maximum atomic E-state index is 5.48. The van der Waals surface area contributed by atoms with E-state index in [2.05, 4.69) is 26.7 Å². The number of hydrogen-bond donors (Lipinski definition) is 2. The first kappa shape index (κ1) is 13.9. The summed E-state index contributed by atoms with van der Waals surface area (Å²) < 4.78 is 0. The van der Waals surface area contributed by atoms with Crippen molar-refractivity contribution in [3.05, 3.63) is 54.6 Å². The maximum Gasteiger partial charge on any atom is 0.171 e. The van der Waals surface area contributed by atoms with Crippen LogP contribution in [0.5, 0.6) is 0 Å². The number of hydrogen-bond acceptors (Lipinski definition) is 3. The third-order valence-electron chi connectivity index (χ3n) is 3.96. The van der Waals surface area contributed by atoms with Gasteiger partial charge in [-0.25, -0.2) is 0 Å². The van der Waals surface area contributed by atoms with Crippen LogP contribution in [0.4, 0.5) is 5.69 Å². The van der Waals surface area contributed by atoms with Crippen molar-refractivity contribution >= 4 is 23.0 Å². The van der Waals surface area contributed by atoms with E-state index in [0.29, 0.717) is 5.11 Å². The van der Waals surface area contributed by atoms with Crippen molar-refractivity contribution in [3.63, 3.8) is 0 Å². The third kappa shape index (κ3) is 3.19. The molecule has 2 aromatic heterocycles. The normalized spacial score (nSPS) is 16.4. The van der Waals surface area contributed by atoms with E-state index in [1.807, 2.05) is 24.4 Å². The molecule has 0 aliphatic heterocycles. The number of nitrogens with zero attached hydrogens (tertiary/aromatic N) is 2. The summed E-state index contributed by atoms with van der Waals surface area (Å²) in [5.74, 6) is 0. The fourth-order valence-corrected chi connectivity index (χ4v) is 3.24. The Morgan fingerprint density at radius 2 is 1.81 bits per heavy atom. The van der Waals surface area contributed by atoms with Crippen LogP contribution in [-0.4, -0.2) is 15.1 Å². The maximum absolute atomic E-state index is 5.48. The van der Waals surface area contributed by atoms with Crippen molar-refractivity contribution in [2.45, 2.75) is 31.2 Å². The Balaban J connectivity index is 1.75. The molecule has 2 N–H and O–H groups in total. The number of thiocarbonyl (C=S) groups is 1.